The van der Waals surface area contributed by atoms with Gasteiger partial charge in [-0.25, -0.2) is 13.6 Å². The quantitative estimate of drug-likeness (QED) is 0.543. The minimum atomic E-state index is -1.23. The van der Waals surface area contributed by atoms with Crippen LogP contribution >= 0.6 is 0 Å². The summed E-state index contributed by atoms with van der Waals surface area (Å²) in [6.45, 7) is 1.21. The van der Waals surface area contributed by atoms with Crippen LogP contribution in [-0.4, -0.2) is 42.6 Å². The number of methoxy groups -OCH3 is 1. The van der Waals surface area contributed by atoms with Crippen molar-refractivity contribution in [1.29, 1.82) is 0 Å². The molecule has 0 heterocycles. The van der Waals surface area contributed by atoms with Crippen LogP contribution < -0.4 is 10.6 Å². The first-order valence-electron chi connectivity index (χ1n) is 6.10. The van der Waals surface area contributed by atoms with Crippen molar-refractivity contribution in [3.8, 4) is 0 Å². The number of aliphatic hydroxyl groups excluding tert-OH is 1. The monoisotopic (exact) mass is 316 g/mol. The maximum atomic E-state index is 13.6. The highest BCUT2D eigenvalue weighted by Crippen LogP contribution is 2.20. The first kappa shape index (κ1) is 17.5. The number of amides is 2. The van der Waals surface area contributed by atoms with E-state index in [1.54, 1.807) is 0 Å². The molecule has 9 heteroatoms. The zero-order valence-electron chi connectivity index (χ0n) is 11.8. The number of carbonyl (C=O) groups excluding carboxylic acids is 3. The van der Waals surface area contributed by atoms with E-state index in [4.69, 9.17) is 5.11 Å². The number of rotatable bonds is 4. The first-order valence-corrected chi connectivity index (χ1v) is 6.10. The van der Waals surface area contributed by atoms with Gasteiger partial charge in [-0.2, -0.15) is 0 Å². The van der Waals surface area contributed by atoms with Crippen LogP contribution in [0.5, 0.6) is 0 Å². The molecule has 0 aliphatic rings. The molecule has 0 fully saturated rings. The third-order valence-corrected chi connectivity index (χ3v) is 2.47. The van der Waals surface area contributed by atoms with Gasteiger partial charge < -0.3 is 20.5 Å². The highest BCUT2D eigenvalue weighted by Gasteiger charge is 2.20. The van der Waals surface area contributed by atoms with Crippen LogP contribution in [0.25, 0.3) is 0 Å². The van der Waals surface area contributed by atoms with Gasteiger partial charge in [0, 0.05) is 12.6 Å². The molecular formula is C13H14F2N2O5. The number of anilines is 1. The molecule has 3 N–H and O–H groups in total. The smallest absolute Gasteiger partial charge is 0.340 e. The molecule has 1 aromatic rings. The molecule has 22 heavy (non-hydrogen) atoms. The Balaban J connectivity index is 2.91. The molecule has 1 atom stereocenters. The van der Waals surface area contributed by atoms with E-state index in [0.717, 1.165) is 13.2 Å². The molecule has 2 amide bonds. The van der Waals surface area contributed by atoms with Gasteiger partial charge in [0.15, 0.2) is 0 Å². The van der Waals surface area contributed by atoms with Gasteiger partial charge in [0.05, 0.1) is 24.5 Å². The average Bonchev–Trinajstić information content (AvgIpc) is 2.46. The van der Waals surface area contributed by atoms with Crippen LogP contribution in [0.1, 0.15) is 17.3 Å². The lowest BCUT2D eigenvalue weighted by molar-refractivity contribution is -0.136. The lowest BCUT2D eigenvalue weighted by Crippen LogP contribution is -2.39. The van der Waals surface area contributed by atoms with Crippen molar-refractivity contribution in [3.63, 3.8) is 0 Å². The minimum absolute atomic E-state index is 0.175. The Labute approximate surface area is 124 Å². The summed E-state index contributed by atoms with van der Waals surface area (Å²) < 4.78 is 31.3. The van der Waals surface area contributed by atoms with Crippen LogP contribution in [0, 0.1) is 11.6 Å². The van der Waals surface area contributed by atoms with Crippen molar-refractivity contribution in [2.24, 2.45) is 0 Å². The molecule has 0 bridgehead atoms. The summed E-state index contributed by atoms with van der Waals surface area (Å²) in [6.07, 6.45) is -0.870. The van der Waals surface area contributed by atoms with Crippen molar-refractivity contribution in [3.05, 3.63) is 29.3 Å². The molecule has 1 aromatic carbocycles. The summed E-state index contributed by atoms with van der Waals surface area (Å²) in [4.78, 5) is 34.2. The zero-order valence-corrected chi connectivity index (χ0v) is 11.8. The number of esters is 1. The van der Waals surface area contributed by atoms with E-state index < -0.39 is 46.8 Å². The number of halogens is 2. The van der Waals surface area contributed by atoms with E-state index in [2.05, 4.69) is 10.1 Å². The van der Waals surface area contributed by atoms with Crippen molar-refractivity contribution >= 4 is 23.5 Å². The van der Waals surface area contributed by atoms with Gasteiger partial charge in [-0.15, -0.1) is 0 Å². The lowest BCUT2D eigenvalue weighted by Gasteiger charge is -2.10. The molecule has 0 saturated carbocycles. The van der Waals surface area contributed by atoms with Gasteiger partial charge in [0.2, 0.25) is 0 Å². The maximum absolute atomic E-state index is 13.6. The second-order valence-corrected chi connectivity index (χ2v) is 4.32. The predicted octanol–water partition coefficient (Wildman–Crippen LogP) is 0.187. The maximum Gasteiger partial charge on any atom is 0.340 e. The van der Waals surface area contributed by atoms with Crippen LogP contribution in [0.15, 0.2) is 12.1 Å². The van der Waals surface area contributed by atoms with Crippen LogP contribution in [0.3, 0.4) is 0 Å². The van der Waals surface area contributed by atoms with Crippen molar-refractivity contribution in [2.75, 3.05) is 19.0 Å². The predicted molar refractivity (Wildman–Crippen MR) is 71.0 cm³/mol. The fourth-order valence-electron chi connectivity index (χ4n) is 1.41. The third kappa shape index (κ3) is 4.48. The highest BCUT2D eigenvalue weighted by atomic mass is 19.1. The lowest BCUT2D eigenvalue weighted by atomic mass is 10.1. The Morgan fingerprint density at radius 3 is 2.41 bits per heavy atom. The van der Waals surface area contributed by atoms with Gasteiger partial charge in [-0.1, -0.05) is 0 Å². The van der Waals surface area contributed by atoms with E-state index in [-0.39, 0.29) is 6.54 Å². The topological polar surface area (TPSA) is 105 Å². The number of aliphatic hydroxyl groups is 1. The van der Waals surface area contributed by atoms with E-state index in [1.807, 2.05) is 5.32 Å². The summed E-state index contributed by atoms with van der Waals surface area (Å²) >= 11 is 0. The summed E-state index contributed by atoms with van der Waals surface area (Å²) in [5.41, 5.74) is -1.15. The van der Waals surface area contributed by atoms with Gasteiger partial charge in [0.25, 0.3) is 0 Å². The first-order chi connectivity index (χ1) is 10.3. The van der Waals surface area contributed by atoms with E-state index >= 15 is 0 Å². The average molecular weight is 316 g/mol. The zero-order chi connectivity index (χ0) is 16.9. The number of nitrogens with one attached hydrogen (secondary N) is 2. The van der Waals surface area contributed by atoms with Crippen LogP contribution in [-0.2, 0) is 14.3 Å². The van der Waals surface area contributed by atoms with Gasteiger partial charge in [-0.3, -0.25) is 9.59 Å². The Kier molecular flexibility index (Phi) is 5.93. The molecule has 0 unspecified atom stereocenters. The number of hydrogen-bond acceptors (Lipinski definition) is 5. The number of hydrogen-bond donors (Lipinski definition) is 3. The molecule has 0 aromatic heterocycles. The molecule has 0 aliphatic carbocycles. The molecule has 1 rings (SSSR count). The molecule has 0 spiro atoms. The summed E-state index contributed by atoms with van der Waals surface area (Å²) in [6, 6.07) is 1.10. The van der Waals surface area contributed by atoms with E-state index in [0.29, 0.717) is 6.07 Å². The molecule has 0 radical (unpaired) electrons. The van der Waals surface area contributed by atoms with E-state index in [9.17, 15) is 23.2 Å². The normalized spacial score (nSPS) is 11.5. The fourth-order valence-corrected chi connectivity index (χ4v) is 1.41. The Hall–Kier alpha value is -2.55. The molecule has 120 valence electrons. The van der Waals surface area contributed by atoms with E-state index in [1.165, 1.54) is 6.92 Å². The second-order valence-electron chi connectivity index (χ2n) is 4.32. The summed E-state index contributed by atoms with van der Waals surface area (Å²) in [5, 5.41) is 13.0. The van der Waals surface area contributed by atoms with Crippen LogP contribution in [0.2, 0.25) is 0 Å². The Morgan fingerprint density at radius 2 is 1.86 bits per heavy atom. The largest absolute Gasteiger partial charge is 0.465 e. The second kappa shape index (κ2) is 7.46. The number of ether oxygens (including phenoxy) is 1. The van der Waals surface area contributed by atoms with Crippen molar-refractivity contribution < 1.29 is 33.0 Å². The van der Waals surface area contributed by atoms with Crippen molar-refractivity contribution in [1.82, 2.24) is 5.32 Å². The number of carbonyl (C=O) groups is 3. The summed E-state index contributed by atoms with van der Waals surface area (Å²) in [7, 11) is 1.01. The minimum Gasteiger partial charge on any atom is -0.465 e. The summed E-state index contributed by atoms with van der Waals surface area (Å²) in [5.74, 6) is -5.75. The molecule has 0 saturated heterocycles. The molecule has 0 aliphatic heterocycles. The molecular weight excluding hydrogens is 302 g/mol. The third-order valence-electron chi connectivity index (χ3n) is 2.47. The van der Waals surface area contributed by atoms with Gasteiger partial charge >= 0.3 is 17.8 Å². The van der Waals surface area contributed by atoms with Gasteiger partial charge in [0.1, 0.15) is 11.6 Å². The Morgan fingerprint density at radius 1 is 1.23 bits per heavy atom. The number of benzene rings is 1. The fraction of sp³-hybridized carbons (Fsp3) is 0.308. The molecule has 7 nitrogen and oxygen atoms in total. The standard InChI is InChI=1S/C13H14F2N2O5/c1-6(18)5-16-11(19)12(20)17-10-3-7(13(21)22-2)8(14)4-9(10)15/h3-4,6,18H,5H2,1-2H3,(H,16,19)(H,17,20)/t6-/m1/s1. The van der Waals surface area contributed by atoms with Crippen molar-refractivity contribution in [2.45, 2.75) is 13.0 Å². The highest BCUT2D eigenvalue weighted by molar-refractivity contribution is 6.39. The Bertz CT molecular complexity index is 604. The SMILES string of the molecule is COC(=O)c1cc(NC(=O)C(=O)NC[C@@H](C)O)c(F)cc1F. The van der Waals surface area contributed by atoms with Crippen LogP contribution in [0.4, 0.5) is 14.5 Å². The van der Waals surface area contributed by atoms with Gasteiger partial charge in [-0.05, 0) is 13.0 Å².